The molecule has 9 rings (SSSR count). The molecule has 0 spiro atoms. The van der Waals surface area contributed by atoms with E-state index in [0.717, 1.165) is 11.1 Å². The first kappa shape index (κ1) is 48.6. The van der Waals surface area contributed by atoms with Crippen LogP contribution in [0.1, 0.15) is 53.3 Å². The van der Waals surface area contributed by atoms with Crippen LogP contribution < -0.4 is 30.5 Å². The molecule has 0 aliphatic carbocycles. The fourth-order valence-corrected chi connectivity index (χ4v) is 11.1. The summed E-state index contributed by atoms with van der Waals surface area (Å²) in [6.45, 7) is 0.608. The molecule has 0 atom stereocenters. The highest BCUT2D eigenvalue weighted by atomic mass is 35.5. The second-order valence-corrected chi connectivity index (χ2v) is 20.3. The number of nitrogens with zero attached hydrogens (tertiary/aromatic N) is 5. The Morgan fingerprint density at radius 3 is 1.59 bits per heavy atom. The minimum atomic E-state index is -3.83. The Morgan fingerprint density at radius 1 is 0.657 bits per heavy atom. The fraction of sp³-hybridized carbons (Fsp3) is 0.0851. The number of benzene rings is 6. The van der Waals surface area contributed by atoms with E-state index in [2.05, 4.69) is 20.8 Å². The van der Waals surface area contributed by atoms with Gasteiger partial charge in [-0.1, -0.05) is 23.2 Å². The molecule has 0 fully saturated rings. The van der Waals surface area contributed by atoms with Gasteiger partial charge < -0.3 is 15.1 Å². The van der Waals surface area contributed by atoms with Crippen molar-refractivity contribution in [2.24, 2.45) is 5.84 Å². The molecule has 0 unspecified atom stereocenters. The number of sulfonamides is 2. The van der Waals surface area contributed by atoms with Crippen LogP contribution in [0, 0.1) is 27.5 Å². The molecule has 18 nitrogen and oxygen atoms in total. The summed E-state index contributed by atoms with van der Waals surface area (Å²) in [6.07, 6.45) is 1.12. The molecule has 7 aromatic rings. The molecule has 0 saturated carbocycles. The van der Waals surface area contributed by atoms with E-state index in [9.17, 15) is 36.5 Å². The SMILES string of the molecule is N#Cc1ccc(NC(=O)c2ccc(S(=O)(=O)N3CCc4cc(Cl)ccc43)cc2)c(-c2n[nH]c(=S)o2)c1.N#Cc1ccc(NC(=O)c2ccc(S(=O)(=O)N3CCc4cc(Cl)ccc43)cc2)c(C(=O)NN)c1. The van der Waals surface area contributed by atoms with Crippen LogP contribution in [0.4, 0.5) is 22.7 Å². The second kappa shape index (κ2) is 20.0. The van der Waals surface area contributed by atoms with Crippen molar-refractivity contribution in [3.63, 3.8) is 0 Å². The fourth-order valence-electron chi connectivity index (χ4n) is 7.61. The highest BCUT2D eigenvalue weighted by Gasteiger charge is 2.33. The van der Waals surface area contributed by atoms with E-state index in [1.165, 1.54) is 87.5 Å². The summed E-state index contributed by atoms with van der Waals surface area (Å²) in [5, 5.41) is 31.2. The lowest BCUT2D eigenvalue weighted by Crippen LogP contribution is -2.31. The molecule has 23 heteroatoms. The van der Waals surface area contributed by atoms with Gasteiger partial charge in [0.25, 0.3) is 42.6 Å². The monoisotopic (exact) mass is 1030 g/mol. The van der Waals surface area contributed by atoms with E-state index in [-0.39, 0.29) is 48.5 Å². The summed E-state index contributed by atoms with van der Waals surface area (Å²) in [5.74, 6) is 3.57. The maximum absolute atomic E-state index is 13.3. The largest absolute Gasteiger partial charge is 0.409 e. The highest BCUT2D eigenvalue weighted by Crippen LogP contribution is 2.36. The second-order valence-electron chi connectivity index (χ2n) is 15.3. The van der Waals surface area contributed by atoms with Crippen LogP contribution in [-0.2, 0) is 32.9 Å². The molecule has 0 saturated heterocycles. The average molecular weight is 1030 g/mol. The van der Waals surface area contributed by atoms with Gasteiger partial charge in [0.2, 0.25) is 5.89 Å². The topological polar surface area (TPSA) is 277 Å². The number of nitrogens with one attached hydrogen (secondary N) is 4. The number of carbonyl (C=O) groups excluding carboxylic acids is 3. The highest BCUT2D eigenvalue weighted by molar-refractivity contribution is 7.93. The van der Waals surface area contributed by atoms with Crippen LogP contribution in [0.2, 0.25) is 10.0 Å². The van der Waals surface area contributed by atoms with Gasteiger partial charge in [-0.05, 0) is 158 Å². The van der Waals surface area contributed by atoms with Crippen LogP contribution in [0.25, 0.3) is 11.5 Å². The Hall–Kier alpha value is -7.89. The summed E-state index contributed by atoms with van der Waals surface area (Å²) in [5.41, 5.74) is 6.71. The number of halogens is 2. The molecule has 2 aliphatic rings. The number of fused-ring (bicyclic) bond motifs is 2. The predicted molar refractivity (Wildman–Crippen MR) is 263 cm³/mol. The molecule has 2 aliphatic heterocycles. The first-order chi connectivity index (χ1) is 33.5. The van der Waals surface area contributed by atoms with Gasteiger partial charge in [-0.15, -0.1) is 5.10 Å². The molecular formula is C47H34Cl2N10O8S3. The maximum Gasteiger partial charge on any atom is 0.284 e. The third kappa shape index (κ3) is 9.97. The number of nitrogens with two attached hydrogens (primary N) is 1. The normalized spacial score (nSPS) is 12.6. The lowest BCUT2D eigenvalue weighted by molar-refractivity contribution is 0.0953. The number of nitrogen functional groups attached to an aromatic ring is 1. The van der Waals surface area contributed by atoms with Gasteiger partial charge in [0, 0.05) is 34.3 Å². The number of carbonyl (C=O) groups is 3. The first-order valence-electron chi connectivity index (χ1n) is 20.6. The van der Waals surface area contributed by atoms with Gasteiger partial charge in [-0.3, -0.25) is 28.4 Å². The minimum Gasteiger partial charge on any atom is -0.409 e. The summed E-state index contributed by atoms with van der Waals surface area (Å²) in [7, 11) is -7.65. The number of hydrogen-bond donors (Lipinski definition) is 5. The van der Waals surface area contributed by atoms with Crippen molar-refractivity contribution in [1.29, 1.82) is 10.5 Å². The smallest absolute Gasteiger partial charge is 0.284 e. The molecule has 352 valence electrons. The van der Waals surface area contributed by atoms with Crippen LogP contribution in [0.5, 0.6) is 0 Å². The number of rotatable bonds is 10. The number of anilines is 4. The van der Waals surface area contributed by atoms with E-state index < -0.39 is 37.8 Å². The van der Waals surface area contributed by atoms with Gasteiger partial charge >= 0.3 is 0 Å². The van der Waals surface area contributed by atoms with E-state index in [1.807, 2.05) is 17.6 Å². The lowest BCUT2D eigenvalue weighted by atomic mass is 10.1. The number of hydrogen-bond acceptors (Lipinski definition) is 13. The van der Waals surface area contributed by atoms with Crippen LogP contribution in [-0.4, -0.2) is 57.8 Å². The Balaban J connectivity index is 0.000000189. The number of H-pyrrole nitrogens is 1. The van der Waals surface area contributed by atoms with E-state index in [0.29, 0.717) is 64.2 Å². The van der Waals surface area contributed by atoms with Crippen molar-refractivity contribution in [3.05, 3.63) is 175 Å². The zero-order valence-corrected chi connectivity index (χ0v) is 39.9. The third-order valence-corrected chi connectivity index (χ3v) is 15.3. The summed E-state index contributed by atoms with van der Waals surface area (Å²) in [6, 6.07) is 34.0. The molecule has 0 radical (unpaired) electrons. The Bertz CT molecular complexity index is 3630. The van der Waals surface area contributed by atoms with E-state index in [4.69, 9.17) is 50.9 Å². The Morgan fingerprint density at radius 2 is 1.13 bits per heavy atom. The Kier molecular flexibility index (Phi) is 13.9. The van der Waals surface area contributed by atoms with Gasteiger partial charge in [0.1, 0.15) is 0 Å². The number of aromatic amines is 1. The Labute approximate surface area is 414 Å². The maximum atomic E-state index is 13.3. The van der Waals surface area contributed by atoms with Crippen molar-refractivity contribution < 1.29 is 35.6 Å². The molecule has 6 N–H and O–H groups in total. The zero-order chi connectivity index (χ0) is 49.9. The zero-order valence-electron chi connectivity index (χ0n) is 35.9. The summed E-state index contributed by atoms with van der Waals surface area (Å²) < 4.78 is 60.9. The van der Waals surface area contributed by atoms with Crippen LogP contribution in [0.3, 0.4) is 0 Å². The number of hydrazine groups is 1. The van der Waals surface area contributed by atoms with Gasteiger partial charge in [0.05, 0.1) is 66.9 Å². The molecule has 3 amide bonds. The molecule has 6 aromatic carbocycles. The molecular weight excluding hydrogens is 1000 g/mol. The van der Waals surface area contributed by atoms with Gasteiger partial charge in [0.15, 0.2) is 0 Å². The summed E-state index contributed by atoms with van der Waals surface area (Å²) in [4.78, 5) is 37.9. The molecule has 3 heterocycles. The lowest BCUT2D eigenvalue weighted by Gasteiger charge is -2.19. The van der Waals surface area contributed by atoms with E-state index >= 15 is 0 Å². The predicted octanol–water partition coefficient (Wildman–Crippen LogP) is 7.75. The standard InChI is InChI=1S/C24H16ClN5O4S2.C23H18ClN5O4S/c25-17-4-8-21-16(12-17)9-10-30(21)36(32,33)18-5-2-15(3-6-18)22(31)27-20-7-1-14(13-26)11-19(20)23-28-29-24(35)34-23;24-17-4-8-21-16(12-17)9-10-29(21)34(32,33)18-5-2-15(3-6-18)22(30)27-20-7-1-14(13-25)11-19(20)23(31)28-26/h1-8,11-12H,9-10H2,(H,27,31)(H,29,35);1-8,11-12H,9-10,26H2,(H,27,30)(H,28,31). The van der Waals surface area contributed by atoms with Crippen molar-refractivity contribution in [2.45, 2.75) is 22.6 Å². The van der Waals surface area contributed by atoms with Crippen LogP contribution in [0.15, 0.2) is 136 Å². The van der Waals surface area contributed by atoms with Gasteiger partial charge in [-0.25, -0.2) is 27.8 Å². The third-order valence-electron chi connectivity index (χ3n) is 11.0. The minimum absolute atomic E-state index is 0.0156. The summed E-state index contributed by atoms with van der Waals surface area (Å²) >= 11 is 17.0. The van der Waals surface area contributed by atoms with Crippen LogP contribution >= 0.6 is 35.4 Å². The van der Waals surface area contributed by atoms with E-state index in [1.54, 1.807) is 42.5 Å². The molecule has 70 heavy (non-hydrogen) atoms. The molecule has 0 bridgehead atoms. The van der Waals surface area contributed by atoms with Gasteiger partial charge in [-0.2, -0.15) is 10.5 Å². The van der Waals surface area contributed by atoms with Crippen molar-refractivity contribution in [3.8, 4) is 23.6 Å². The quantitative estimate of drug-likeness (QED) is 0.0380. The molecule has 1 aromatic heterocycles. The first-order valence-corrected chi connectivity index (χ1v) is 24.7. The average Bonchev–Trinajstić information content (AvgIpc) is 4.13. The number of aromatic nitrogens is 2. The number of amides is 3. The van der Waals surface area contributed by atoms with Crippen molar-refractivity contribution in [2.75, 3.05) is 32.3 Å². The van der Waals surface area contributed by atoms with Crippen molar-refractivity contribution >= 4 is 95.9 Å². The number of nitriles is 2. The van der Waals surface area contributed by atoms with Crippen molar-refractivity contribution in [1.82, 2.24) is 15.6 Å².